The van der Waals surface area contributed by atoms with Gasteiger partial charge < -0.3 is 14.2 Å². The lowest BCUT2D eigenvalue weighted by Crippen LogP contribution is -2.12. The third-order valence-electron chi connectivity index (χ3n) is 3.33. The molecule has 1 amide bonds. The van der Waals surface area contributed by atoms with E-state index in [1.807, 2.05) is 0 Å². The number of nitrogens with zero attached hydrogens (tertiary/aromatic N) is 3. The molecule has 7 nitrogen and oxygen atoms in total. The zero-order valence-corrected chi connectivity index (χ0v) is 13.9. The van der Waals surface area contributed by atoms with Crippen LogP contribution in [0.2, 0.25) is 0 Å². The Balaban J connectivity index is 1.70. The molecular weight excluding hydrogens is 395 g/mol. The average Bonchev–Trinajstić information content (AvgIpc) is 3.25. The second-order valence-corrected chi connectivity index (χ2v) is 5.93. The number of benzene rings is 1. The molecule has 4 rings (SSSR count). The van der Waals surface area contributed by atoms with E-state index in [-0.39, 0.29) is 17.1 Å². The van der Waals surface area contributed by atoms with Crippen LogP contribution >= 0.6 is 15.9 Å². The summed E-state index contributed by atoms with van der Waals surface area (Å²) in [6.07, 6.45) is 3.93. The van der Waals surface area contributed by atoms with E-state index < -0.39 is 11.7 Å². The zero-order chi connectivity index (χ0) is 17.4. The minimum Gasteiger partial charge on any atom is -0.451 e. The van der Waals surface area contributed by atoms with Gasteiger partial charge in [0.2, 0.25) is 5.89 Å². The van der Waals surface area contributed by atoms with E-state index >= 15 is 0 Å². The van der Waals surface area contributed by atoms with Crippen LogP contribution in [0, 0.1) is 5.82 Å². The number of anilines is 1. The fraction of sp³-hybridized carbons (Fsp3) is 0. The first-order chi connectivity index (χ1) is 12.1. The molecule has 0 saturated carbocycles. The third-order valence-corrected chi connectivity index (χ3v) is 3.77. The van der Waals surface area contributed by atoms with Crippen LogP contribution in [0.5, 0.6) is 0 Å². The highest BCUT2D eigenvalue weighted by molar-refractivity contribution is 9.10. The molecule has 1 N–H and O–H groups in total. The van der Waals surface area contributed by atoms with Crippen LogP contribution in [0.3, 0.4) is 0 Å². The van der Waals surface area contributed by atoms with Crippen molar-refractivity contribution in [1.29, 1.82) is 0 Å². The minimum absolute atomic E-state index is 0.0654. The molecule has 0 saturated heterocycles. The Bertz CT molecular complexity index is 1080. The summed E-state index contributed by atoms with van der Waals surface area (Å²) in [5.41, 5.74) is 1.35. The molecule has 1 aromatic carbocycles. The van der Waals surface area contributed by atoms with Gasteiger partial charge in [-0.25, -0.2) is 14.4 Å². The second kappa shape index (κ2) is 6.10. The monoisotopic (exact) mass is 402 g/mol. The lowest BCUT2D eigenvalue weighted by atomic mass is 10.2. The van der Waals surface area contributed by atoms with Gasteiger partial charge >= 0.3 is 0 Å². The maximum atomic E-state index is 14.2. The van der Waals surface area contributed by atoms with Crippen molar-refractivity contribution in [3.8, 4) is 11.5 Å². The summed E-state index contributed by atoms with van der Waals surface area (Å²) in [5, 5.41) is 2.60. The van der Waals surface area contributed by atoms with Crippen molar-refractivity contribution in [2.24, 2.45) is 0 Å². The molecule has 25 heavy (non-hydrogen) atoms. The fourth-order valence-corrected chi connectivity index (χ4v) is 2.51. The number of aromatic nitrogens is 3. The molecule has 0 fully saturated rings. The van der Waals surface area contributed by atoms with Gasteiger partial charge in [0, 0.05) is 22.4 Å². The highest BCUT2D eigenvalue weighted by Crippen LogP contribution is 2.29. The number of amides is 1. The second-order valence-electron chi connectivity index (χ2n) is 5.02. The molecule has 0 spiro atoms. The maximum Gasteiger partial charge on any atom is 0.277 e. The van der Waals surface area contributed by atoms with Crippen LogP contribution in [-0.2, 0) is 0 Å². The Morgan fingerprint density at radius 1 is 1.24 bits per heavy atom. The van der Waals surface area contributed by atoms with Crippen molar-refractivity contribution in [3.05, 3.63) is 59.1 Å². The van der Waals surface area contributed by atoms with Gasteiger partial charge in [-0.15, -0.1) is 0 Å². The molecule has 3 heterocycles. The fourth-order valence-electron chi connectivity index (χ4n) is 2.20. The first-order valence-corrected chi connectivity index (χ1v) is 7.81. The van der Waals surface area contributed by atoms with Crippen LogP contribution in [0.4, 0.5) is 10.1 Å². The van der Waals surface area contributed by atoms with E-state index in [0.29, 0.717) is 16.9 Å². The summed E-state index contributed by atoms with van der Waals surface area (Å²) in [5.74, 6) is -0.949. The summed E-state index contributed by atoms with van der Waals surface area (Å²) in [6.45, 7) is 0. The van der Waals surface area contributed by atoms with Gasteiger partial charge in [0.25, 0.3) is 5.91 Å². The number of hydrogen-bond donors (Lipinski definition) is 1. The van der Waals surface area contributed by atoms with Gasteiger partial charge in [-0.3, -0.25) is 4.79 Å². The molecule has 4 aromatic rings. The van der Waals surface area contributed by atoms with E-state index in [1.54, 1.807) is 12.3 Å². The number of oxazole rings is 2. The van der Waals surface area contributed by atoms with Gasteiger partial charge in [-0.05, 0) is 34.1 Å². The van der Waals surface area contributed by atoms with Crippen LogP contribution in [0.25, 0.3) is 22.7 Å². The standard InChI is InChI=1S/C16H8BrFN4O3/c17-8-3-13-14(19-5-8)22-16(25-13)10-4-9(1-2-11(10)18)21-15(23)12-6-24-7-20-12/h1-7H,(H,21,23). The molecular formula is C16H8BrFN4O3. The Labute approximate surface area is 148 Å². The maximum absolute atomic E-state index is 14.2. The van der Waals surface area contributed by atoms with Gasteiger partial charge in [-0.1, -0.05) is 0 Å². The van der Waals surface area contributed by atoms with E-state index in [1.165, 1.54) is 24.5 Å². The van der Waals surface area contributed by atoms with Crippen molar-refractivity contribution in [3.63, 3.8) is 0 Å². The molecule has 3 aromatic heterocycles. The number of pyridine rings is 1. The number of rotatable bonds is 3. The molecule has 0 radical (unpaired) electrons. The molecule has 9 heteroatoms. The molecule has 0 aliphatic carbocycles. The largest absolute Gasteiger partial charge is 0.451 e. The van der Waals surface area contributed by atoms with Crippen LogP contribution in [0.15, 0.2) is 56.4 Å². The topological polar surface area (TPSA) is 94.1 Å². The number of carbonyl (C=O) groups is 1. The predicted octanol–water partition coefficient (Wildman–Crippen LogP) is 4.03. The van der Waals surface area contributed by atoms with Crippen molar-refractivity contribution in [2.75, 3.05) is 5.32 Å². The highest BCUT2D eigenvalue weighted by Gasteiger charge is 2.16. The summed E-state index contributed by atoms with van der Waals surface area (Å²) >= 11 is 3.28. The summed E-state index contributed by atoms with van der Waals surface area (Å²) in [4.78, 5) is 24.0. The summed E-state index contributed by atoms with van der Waals surface area (Å²) in [6, 6.07) is 5.75. The van der Waals surface area contributed by atoms with E-state index in [2.05, 4.69) is 36.2 Å². The lowest BCUT2D eigenvalue weighted by molar-refractivity contribution is 0.102. The van der Waals surface area contributed by atoms with Crippen LogP contribution in [0.1, 0.15) is 10.5 Å². The van der Waals surface area contributed by atoms with Gasteiger partial charge in [0.05, 0.1) is 5.56 Å². The quantitative estimate of drug-likeness (QED) is 0.555. The minimum atomic E-state index is -0.537. The number of nitrogens with one attached hydrogen (secondary N) is 1. The van der Waals surface area contributed by atoms with Crippen molar-refractivity contribution >= 4 is 38.8 Å². The molecule has 0 unspecified atom stereocenters. The highest BCUT2D eigenvalue weighted by atomic mass is 79.9. The lowest BCUT2D eigenvalue weighted by Gasteiger charge is -2.05. The Morgan fingerprint density at radius 2 is 2.12 bits per heavy atom. The molecule has 0 bridgehead atoms. The zero-order valence-electron chi connectivity index (χ0n) is 12.4. The predicted molar refractivity (Wildman–Crippen MR) is 89.4 cm³/mol. The van der Waals surface area contributed by atoms with Gasteiger partial charge in [-0.2, -0.15) is 4.98 Å². The number of hydrogen-bond acceptors (Lipinski definition) is 6. The summed E-state index contributed by atoms with van der Waals surface area (Å²) in [7, 11) is 0. The first kappa shape index (κ1) is 15.5. The van der Waals surface area contributed by atoms with Gasteiger partial charge in [0.1, 0.15) is 12.1 Å². The van der Waals surface area contributed by atoms with Crippen LogP contribution in [-0.4, -0.2) is 20.9 Å². The van der Waals surface area contributed by atoms with E-state index in [4.69, 9.17) is 8.83 Å². The van der Waals surface area contributed by atoms with Crippen molar-refractivity contribution in [2.45, 2.75) is 0 Å². The molecule has 0 aliphatic rings. The molecule has 0 aliphatic heterocycles. The number of fused-ring (bicyclic) bond motifs is 1. The molecule has 124 valence electrons. The SMILES string of the molecule is O=C(Nc1ccc(F)c(-c2nc3ncc(Br)cc3o2)c1)c1cocn1. The summed E-state index contributed by atoms with van der Waals surface area (Å²) < 4.78 is 25.2. The van der Waals surface area contributed by atoms with Crippen molar-refractivity contribution in [1.82, 2.24) is 15.0 Å². The Kier molecular flexibility index (Phi) is 3.77. The Hall–Kier alpha value is -3.07. The smallest absolute Gasteiger partial charge is 0.277 e. The van der Waals surface area contributed by atoms with Gasteiger partial charge in [0.15, 0.2) is 23.3 Å². The number of halogens is 2. The Morgan fingerprint density at radius 3 is 2.92 bits per heavy atom. The van der Waals surface area contributed by atoms with Crippen molar-refractivity contribution < 1.29 is 18.0 Å². The normalized spacial score (nSPS) is 11.0. The first-order valence-electron chi connectivity index (χ1n) is 7.02. The average molecular weight is 403 g/mol. The third kappa shape index (κ3) is 3.01. The van der Waals surface area contributed by atoms with E-state index in [0.717, 1.165) is 10.9 Å². The molecule has 0 atom stereocenters. The van der Waals surface area contributed by atoms with Crippen LogP contribution < -0.4 is 5.32 Å². The number of carbonyl (C=O) groups excluding carboxylic acids is 1. The van der Waals surface area contributed by atoms with E-state index in [9.17, 15) is 9.18 Å².